The molecule has 0 saturated carbocycles. The number of nitrogens with zero attached hydrogens (tertiary/aromatic N) is 1. The van der Waals surface area contributed by atoms with E-state index >= 15 is 0 Å². The van der Waals surface area contributed by atoms with Crippen LogP contribution < -0.4 is 20.1 Å². The Morgan fingerprint density at radius 3 is 1.88 bits per heavy atom. The van der Waals surface area contributed by atoms with Crippen molar-refractivity contribution < 1.29 is 61.5 Å². The molecule has 0 atom stereocenters. The number of carboxylic acids is 2. The zero-order valence-corrected chi connectivity index (χ0v) is 31.9. The van der Waals surface area contributed by atoms with Crippen molar-refractivity contribution in [3.63, 3.8) is 0 Å². The summed E-state index contributed by atoms with van der Waals surface area (Å²) in [7, 11) is -3.95. The van der Waals surface area contributed by atoms with Gasteiger partial charge in [-0.3, -0.25) is 19.1 Å². The molecular formula is C38H50N4O13S. The van der Waals surface area contributed by atoms with Crippen molar-refractivity contribution in [1.82, 2.24) is 15.6 Å². The number of nitrogens with one attached hydrogen (secondary N) is 3. The predicted molar refractivity (Wildman–Crippen MR) is 203 cm³/mol. The van der Waals surface area contributed by atoms with Gasteiger partial charge in [-0.25, -0.2) is 18.2 Å². The Bertz CT molecular complexity index is 1740. The molecule has 0 radical (unpaired) electrons. The number of aryl methyl sites for hydroxylation is 1. The standard InChI is InChI=1S/C38H50N4O13S/c43-35(39-17-20-51-23-25-54-28-37(46)47)27-53-24-22-52-21-18-40-38(48)31-10-15-34(41-26-31)42-56(49,50)33-13-11-32(12-14-33)55-19-16-30-8-6-29(7-9-30)4-2-1-3-5-36(44)45/h6-15,26H,1-5,16-25,27-28H2,(H,39,43)(H,40,48)(H,41,42)(H,44,45)(H,46,47). The van der Waals surface area contributed by atoms with Gasteiger partial charge in [-0.15, -0.1) is 0 Å². The molecule has 1 heterocycles. The summed E-state index contributed by atoms with van der Waals surface area (Å²) in [5, 5.41) is 22.5. The van der Waals surface area contributed by atoms with Crippen molar-refractivity contribution in [3.05, 3.63) is 83.6 Å². The summed E-state index contributed by atoms with van der Waals surface area (Å²) in [6, 6.07) is 17.1. The summed E-state index contributed by atoms with van der Waals surface area (Å²) in [6.07, 6.45) is 5.55. The Labute approximate surface area is 326 Å². The third kappa shape index (κ3) is 19.4. The number of carboxylic acid groups (broad SMARTS) is 2. The normalized spacial score (nSPS) is 11.1. The molecule has 3 aromatic rings. The van der Waals surface area contributed by atoms with Crippen LogP contribution >= 0.6 is 0 Å². The molecule has 0 aliphatic heterocycles. The van der Waals surface area contributed by atoms with Gasteiger partial charge in [-0.05, 0) is 66.8 Å². The Kier molecular flexibility index (Phi) is 20.9. The number of amides is 2. The molecule has 5 N–H and O–H groups in total. The number of carbonyl (C=O) groups excluding carboxylic acids is 2. The van der Waals surface area contributed by atoms with E-state index in [0.29, 0.717) is 25.2 Å². The van der Waals surface area contributed by atoms with Crippen LogP contribution in [0.3, 0.4) is 0 Å². The highest BCUT2D eigenvalue weighted by atomic mass is 32.2. The monoisotopic (exact) mass is 802 g/mol. The van der Waals surface area contributed by atoms with Gasteiger partial charge in [-0.2, -0.15) is 0 Å². The van der Waals surface area contributed by atoms with E-state index in [1.54, 1.807) is 12.1 Å². The second kappa shape index (κ2) is 25.8. The minimum absolute atomic E-state index is 0.0155. The summed E-state index contributed by atoms with van der Waals surface area (Å²) in [6.45, 7) is 1.46. The first kappa shape index (κ1) is 45.3. The van der Waals surface area contributed by atoms with Gasteiger partial charge in [-0.1, -0.05) is 30.7 Å². The van der Waals surface area contributed by atoms with Gasteiger partial charge in [0.05, 0.1) is 56.7 Å². The van der Waals surface area contributed by atoms with E-state index in [2.05, 4.69) is 32.5 Å². The maximum Gasteiger partial charge on any atom is 0.329 e. The van der Waals surface area contributed by atoms with Crippen molar-refractivity contribution in [1.29, 1.82) is 0 Å². The molecule has 0 unspecified atom stereocenters. The Morgan fingerprint density at radius 1 is 0.625 bits per heavy atom. The summed E-state index contributed by atoms with van der Waals surface area (Å²) < 4.78 is 54.7. The summed E-state index contributed by atoms with van der Waals surface area (Å²) in [4.78, 5) is 49.2. The largest absolute Gasteiger partial charge is 0.493 e. The highest BCUT2D eigenvalue weighted by Gasteiger charge is 2.16. The number of hydrogen-bond acceptors (Lipinski definition) is 12. The van der Waals surface area contributed by atoms with Crippen LogP contribution in [0.1, 0.15) is 47.2 Å². The van der Waals surface area contributed by atoms with E-state index < -0.39 is 34.5 Å². The van der Waals surface area contributed by atoms with Crippen LogP contribution in [0.2, 0.25) is 0 Å². The minimum atomic E-state index is -3.95. The first-order valence-electron chi connectivity index (χ1n) is 18.1. The molecule has 56 heavy (non-hydrogen) atoms. The molecule has 2 amide bonds. The average Bonchev–Trinajstić information content (AvgIpc) is 3.17. The molecule has 0 saturated heterocycles. The summed E-state index contributed by atoms with van der Waals surface area (Å²) in [5.41, 5.74) is 2.53. The third-order valence-electron chi connectivity index (χ3n) is 7.74. The molecule has 18 heteroatoms. The van der Waals surface area contributed by atoms with Gasteiger partial charge in [0.25, 0.3) is 15.9 Å². The lowest BCUT2D eigenvalue weighted by atomic mass is 10.0. The Morgan fingerprint density at radius 2 is 1.25 bits per heavy atom. The lowest BCUT2D eigenvalue weighted by molar-refractivity contribution is -0.143. The highest BCUT2D eigenvalue weighted by Crippen LogP contribution is 2.19. The summed E-state index contributed by atoms with van der Waals surface area (Å²) >= 11 is 0. The second-order valence-electron chi connectivity index (χ2n) is 12.2. The third-order valence-corrected chi connectivity index (χ3v) is 9.11. The number of carbonyl (C=O) groups is 4. The van der Waals surface area contributed by atoms with Crippen molar-refractivity contribution in [3.8, 4) is 5.75 Å². The number of hydrogen-bond donors (Lipinski definition) is 5. The van der Waals surface area contributed by atoms with Crippen LogP contribution in [0.4, 0.5) is 5.82 Å². The van der Waals surface area contributed by atoms with Crippen molar-refractivity contribution in [2.75, 3.05) is 77.3 Å². The molecule has 17 nitrogen and oxygen atoms in total. The molecular weight excluding hydrogens is 752 g/mol. The minimum Gasteiger partial charge on any atom is -0.493 e. The van der Waals surface area contributed by atoms with Crippen LogP contribution in [-0.2, 0) is 56.2 Å². The second-order valence-corrected chi connectivity index (χ2v) is 13.9. The zero-order chi connectivity index (χ0) is 40.4. The van der Waals surface area contributed by atoms with Crippen molar-refractivity contribution in [2.24, 2.45) is 0 Å². The number of benzene rings is 2. The quantitative estimate of drug-likeness (QED) is 0.0610. The van der Waals surface area contributed by atoms with Gasteiger partial charge in [0.1, 0.15) is 24.8 Å². The van der Waals surface area contributed by atoms with E-state index in [1.807, 2.05) is 12.1 Å². The van der Waals surface area contributed by atoms with E-state index in [-0.39, 0.29) is 87.9 Å². The molecule has 1 aromatic heterocycles. The van der Waals surface area contributed by atoms with Crippen molar-refractivity contribution in [2.45, 2.75) is 43.4 Å². The van der Waals surface area contributed by atoms with Gasteiger partial charge < -0.3 is 44.5 Å². The molecule has 0 spiro atoms. The average molecular weight is 803 g/mol. The fourth-order valence-electron chi connectivity index (χ4n) is 4.86. The Hall–Kier alpha value is -5.14. The number of rotatable bonds is 30. The topological polar surface area (TPSA) is 238 Å². The maximum absolute atomic E-state index is 12.9. The number of ether oxygens (including phenoxy) is 5. The number of pyridine rings is 1. The van der Waals surface area contributed by atoms with Crippen molar-refractivity contribution >= 4 is 39.6 Å². The van der Waals surface area contributed by atoms with Crippen LogP contribution in [0.25, 0.3) is 0 Å². The van der Waals surface area contributed by atoms with Gasteiger partial charge >= 0.3 is 11.9 Å². The number of unbranched alkanes of at least 4 members (excludes halogenated alkanes) is 2. The van der Waals surface area contributed by atoms with Crippen LogP contribution in [0.15, 0.2) is 71.8 Å². The predicted octanol–water partition coefficient (Wildman–Crippen LogP) is 2.69. The van der Waals surface area contributed by atoms with Gasteiger partial charge in [0, 0.05) is 32.1 Å². The molecule has 3 rings (SSSR count). The van der Waals surface area contributed by atoms with Gasteiger partial charge in [0.2, 0.25) is 5.91 Å². The molecule has 2 aromatic carbocycles. The summed E-state index contributed by atoms with van der Waals surface area (Å²) in [5.74, 6) is -2.01. The highest BCUT2D eigenvalue weighted by molar-refractivity contribution is 7.92. The fourth-order valence-corrected chi connectivity index (χ4v) is 5.87. The lowest BCUT2D eigenvalue weighted by Crippen LogP contribution is -2.31. The SMILES string of the molecule is O=C(O)CCCCCc1ccc(CCOc2ccc(S(=O)(=O)Nc3ccc(C(=O)NCCOCCOCC(=O)NCCOCCOCC(=O)O)cn3)cc2)cc1. The number of anilines is 1. The zero-order valence-electron chi connectivity index (χ0n) is 31.1. The van der Waals surface area contributed by atoms with Crippen LogP contribution in [-0.4, -0.2) is 120 Å². The van der Waals surface area contributed by atoms with Gasteiger partial charge in [0.15, 0.2) is 0 Å². The maximum atomic E-state index is 12.9. The molecule has 0 fully saturated rings. The molecule has 0 aliphatic carbocycles. The lowest BCUT2D eigenvalue weighted by Gasteiger charge is -2.10. The van der Waals surface area contributed by atoms with E-state index in [9.17, 15) is 27.6 Å². The fraction of sp³-hybridized carbons (Fsp3) is 0.447. The molecule has 0 bridgehead atoms. The first-order chi connectivity index (χ1) is 27.0. The van der Waals surface area contributed by atoms with Crippen LogP contribution in [0, 0.1) is 0 Å². The number of aliphatic carboxylic acids is 2. The van der Waals surface area contributed by atoms with Crippen LogP contribution in [0.5, 0.6) is 5.75 Å². The Balaban J connectivity index is 1.25. The number of sulfonamides is 1. The molecule has 0 aliphatic rings. The van der Waals surface area contributed by atoms with E-state index in [1.165, 1.54) is 36.0 Å². The smallest absolute Gasteiger partial charge is 0.329 e. The number of aromatic nitrogens is 1. The van der Waals surface area contributed by atoms with E-state index in [4.69, 9.17) is 33.9 Å². The first-order valence-corrected chi connectivity index (χ1v) is 19.6. The van der Waals surface area contributed by atoms with E-state index in [0.717, 1.165) is 24.8 Å². The molecule has 306 valence electrons.